The molecular formula is C27H27FN2O5S. The first-order valence-corrected chi connectivity index (χ1v) is 13.0. The fourth-order valence-corrected chi connectivity index (χ4v) is 5.90. The molecule has 3 aromatic rings. The summed E-state index contributed by atoms with van der Waals surface area (Å²) in [4.78, 5) is 25.1. The molecule has 36 heavy (non-hydrogen) atoms. The highest BCUT2D eigenvalue weighted by Gasteiger charge is 2.38. The molecule has 0 bridgehead atoms. The van der Waals surface area contributed by atoms with Crippen LogP contribution in [0.4, 0.5) is 10.1 Å². The number of fused-ring (bicyclic) bond motifs is 1. The van der Waals surface area contributed by atoms with Gasteiger partial charge in [-0.2, -0.15) is 4.31 Å². The quantitative estimate of drug-likeness (QED) is 0.479. The second-order valence-electron chi connectivity index (χ2n) is 8.77. The maximum Gasteiger partial charge on any atom is 0.308 e. The van der Waals surface area contributed by atoms with Crippen molar-refractivity contribution in [2.45, 2.75) is 37.6 Å². The number of nitrogens with zero attached hydrogens (tertiary/aromatic N) is 1. The Morgan fingerprint density at radius 3 is 2.53 bits per heavy atom. The molecule has 0 aliphatic carbocycles. The van der Waals surface area contributed by atoms with Gasteiger partial charge in [0.15, 0.2) is 6.61 Å². The van der Waals surface area contributed by atoms with Crippen molar-refractivity contribution >= 4 is 27.6 Å². The molecular weight excluding hydrogens is 483 g/mol. The van der Waals surface area contributed by atoms with E-state index in [0.717, 1.165) is 28.8 Å². The van der Waals surface area contributed by atoms with E-state index in [1.165, 1.54) is 16.4 Å². The molecule has 0 unspecified atom stereocenters. The number of carbonyl (C=O) groups is 2. The fourth-order valence-electron chi connectivity index (χ4n) is 4.29. The second-order valence-corrected chi connectivity index (χ2v) is 10.7. The van der Waals surface area contributed by atoms with Crippen LogP contribution in [0, 0.1) is 19.7 Å². The Kier molecular flexibility index (Phi) is 7.51. The number of hydrogen-bond acceptors (Lipinski definition) is 5. The smallest absolute Gasteiger partial charge is 0.308 e. The highest BCUT2D eigenvalue weighted by molar-refractivity contribution is 7.89. The third kappa shape index (κ3) is 5.63. The number of carbonyl (C=O) groups excluding carboxylic acids is 2. The van der Waals surface area contributed by atoms with Crippen LogP contribution >= 0.6 is 0 Å². The molecule has 0 saturated carbocycles. The molecule has 1 heterocycles. The Morgan fingerprint density at radius 1 is 1.06 bits per heavy atom. The lowest BCUT2D eigenvalue weighted by Gasteiger charge is -2.36. The lowest BCUT2D eigenvalue weighted by Crippen LogP contribution is -2.41. The number of hydrogen-bond donors (Lipinski definition) is 1. The van der Waals surface area contributed by atoms with E-state index in [1.807, 2.05) is 44.2 Å². The molecule has 0 fully saturated rings. The maximum atomic E-state index is 13.4. The molecule has 1 atom stereocenters. The first-order chi connectivity index (χ1) is 17.1. The van der Waals surface area contributed by atoms with Crippen LogP contribution in [0.3, 0.4) is 0 Å². The highest BCUT2D eigenvalue weighted by Crippen LogP contribution is 2.36. The molecule has 7 nitrogen and oxygen atoms in total. The molecule has 1 amide bonds. The van der Waals surface area contributed by atoms with Crippen molar-refractivity contribution in [1.29, 1.82) is 0 Å². The predicted molar refractivity (Wildman–Crippen MR) is 133 cm³/mol. The van der Waals surface area contributed by atoms with E-state index in [0.29, 0.717) is 17.7 Å². The molecule has 0 radical (unpaired) electrons. The van der Waals surface area contributed by atoms with Crippen molar-refractivity contribution in [2.75, 3.05) is 18.5 Å². The monoisotopic (exact) mass is 510 g/mol. The Labute approximate surface area is 209 Å². The molecule has 4 rings (SSSR count). The number of anilines is 1. The second kappa shape index (κ2) is 10.6. The molecule has 0 aromatic heterocycles. The fraction of sp³-hybridized carbons (Fsp3) is 0.259. The highest BCUT2D eigenvalue weighted by atomic mass is 32.2. The van der Waals surface area contributed by atoms with E-state index >= 15 is 0 Å². The van der Waals surface area contributed by atoms with Crippen LogP contribution in [-0.2, 0) is 30.8 Å². The van der Waals surface area contributed by atoms with Gasteiger partial charge in [-0.3, -0.25) is 9.59 Å². The van der Waals surface area contributed by atoms with Crippen LogP contribution in [0.5, 0.6) is 0 Å². The van der Waals surface area contributed by atoms with Gasteiger partial charge in [-0.15, -0.1) is 0 Å². The van der Waals surface area contributed by atoms with Gasteiger partial charge < -0.3 is 10.1 Å². The van der Waals surface area contributed by atoms with Crippen LogP contribution in [0.25, 0.3) is 0 Å². The summed E-state index contributed by atoms with van der Waals surface area (Å²) in [7, 11) is -4.02. The first-order valence-electron chi connectivity index (χ1n) is 11.5. The summed E-state index contributed by atoms with van der Waals surface area (Å²) in [5.41, 5.74) is 4.13. The summed E-state index contributed by atoms with van der Waals surface area (Å²) in [5, 5.41) is 2.73. The minimum Gasteiger partial charge on any atom is -0.456 e. The molecule has 1 aliphatic heterocycles. The lowest BCUT2D eigenvalue weighted by molar-refractivity contribution is -0.148. The van der Waals surface area contributed by atoms with Gasteiger partial charge >= 0.3 is 5.97 Å². The van der Waals surface area contributed by atoms with E-state index in [4.69, 9.17) is 4.74 Å². The summed E-state index contributed by atoms with van der Waals surface area (Å²) in [6, 6.07) is 16.7. The Hall–Kier alpha value is -3.56. The number of ether oxygens (including phenoxy) is 1. The van der Waals surface area contributed by atoms with Crippen LogP contribution in [0.2, 0.25) is 0 Å². The number of sulfonamides is 1. The third-order valence-corrected chi connectivity index (χ3v) is 8.10. The van der Waals surface area contributed by atoms with Gasteiger partial charge in [0.1, 0.15) is 5.82 Å². The number of aryl methyl sites for hydroxylation is 2. The molecule has 0 saturated heterocycles. The number of rotatable bonds is 7. The average molecular weight is 511 g/mol. The van der Waals surface area contributed by atoms with E-state index in [1.54, 1.807) is 12.1 Å². The minimum absolute atomic E-state index is 0.0606. The van der Waals surface area contributed by atoms with E-state index in [2.05, 4.69) is 5.32 Å². The number of halogens is 1. The van der Waals surface area contributed by atoms with E-state index < -0.39 is 40.4 Å². The lowest BCUT2D eigenvalue weighted by atomic mass is 9.92. The summed E-state index contributed by atoms with van der Waals surface area (Å²) >= 11 is 0. The zero-order valence-electron chi connectivity index (χ0n) is 20.0. The van der Waals surface area contributed by atoms with Gasteiger partial charge in [0.2, 0.25) is 10.0 Å². The van der Waals surface area contributed by atoms with E-state index in [-0.39, 0.29) is 17.9 Å². The van der Waals surface area contributed by atoms with Crippen molar-refractivity contribution in [3.05, 3.63) is 94.8 Å². The summed E-state index contributed by atoms with van der Waals surface area (Å²) in [6.07, 6.45) is 0.203. The number of benzene rings is 3. The van der Waals surface area contributed by atoms with Gasteiger partial charge in [0, 0.05) is 12.2 Å². The number of amides is 1. The molecule has 9 heteroatoms. The summed E-state index contributed by atoms with van der Waals surface area (Å²) < 4.78 is 46.7. The third-order valence-electron chi connectivity index (χ3n) is 6.17. The molecule has 1 aliphatic rings. The summed E-state index contributed by atoms with van der Waals surface area (Å²) in [6.45, 7) is 3.42. The van der Waals surface area contributed by atoms with Gasteiger partial charge in [-0.25, -0.2) is 12.8 Å². The van der Waals surface area contributed by atoms with Crippen molar-refractivity contribution in [3.8, 4) is 0 Å². The van der Waals surface area contributed by atoms with Gasteiger partial charge in [0.25, 0.3) is 5.91 Å². The van der Waals surface area contributed by atoms with Gasteiger partial charge in [-0.1, -0.05) is 36.4 Å². The maximum absolute atomic E-state index is 13.4. The van der Waals surface area contributed by atoms with Crippen LogP contribution in [-0.4, -0.2) is 37.8 Å². The van der Waals surface area contributed by atoms with Crippen LogP contribution < -0.4 is 5.32 Å². The van der Waals surface area contributed by atoms with E-state index in [9.17, 15) is 22.4 Å². The van der Waals surface area contributed by atoms with Crippen LogP contribution in [0.1, 0.15) is 34.7 Å². The SMILES string of the molecule is Cc1ccc(C)c(NC(=O)COC(=O)C[C@@H]2c3ccccc3CCN2S(=O)(=O)c2ccc(F)cc2)c1. The molecule has 1 N–H and O–H groups in total. The van der Waals surface area contributed by atoms with Crippen molar-refractivity contribution in [1.82, 2.24) is 4.31 Å². The zero-order valence-corrected chi connectivity index (χ0v) is 20.8. The first kappa shape index (κ1) is 25.5. The van der Waals surface area contributed by atoms with Crippen molar-refractivity contribution < 1.29 is 27.1 Å². The van der Waals surface area contributed by atoms with Gasteiger partial charge in [0.05, 0.1) is 17.4 Å². The normalized spacial score (nSPS) is 15.7. The largest absolute Gasteiger partial charge is 0.456 e. The van der Waals surface area contributed by atoms with Crippen molar-refractivity contribution in [2.24, 2.45) is 0 Å². The summed E-state index contributed by atoms with van der Waals surface area (Å²) in [5.74, 6) is -1.73. The number of esters is 1. The Morgan fingerprint density at radius 2 is 1.78 bits per heavy atom. The average Bonchev–Trinajstić information content (AvgIpc) is 2.85. The standard InChI is InChI=1S/C27H27FN2O5S/c1-18-7-8-19(2)24(15-18)29-26(31)17-35-27(32)16-25-23-6-4-3-5-20(23)13-14-30(25)36(33,34)22-11-9-21(28)10-12-22/h3-12,15,25H,13-14,16-17H2,1-2H3,(H,29,31)/t25-/m1/s1. The Bertz CT molecular complexity index is 1390. The molecule has 188 valence electrons. The Balaban J connectivity index is 1.50. The predicted octanol–water partition coefficient (Wildman–Crippen LogP) is 4.30. The minimum atomic E-state index is -4.02. The topological polar surface area (TPSA) is 92.8 Å². The molecule has 0 spiro atoms. The van der Waals surface area contributed by atoms with Crippen molar-refractivity contribution in [3.63, 3.8) is 0 Å². The van der Waals surface area contributed by atoms with Gasteiger partial charge in [-0.05, 0) is 72.9 Å². The zero-order chi connectivity index (χ0) is 25.9. The number of nitrogens with one attached hydrogen (secondary N) is 1. The molecule has 3 aromatic carbocycles. The van der Waals surface area contributed by atoms with Crippen LogP contribution in [0.15, 0.2) is 71.6 Å².